The SMILES string of the molecule is COCCN(CCOC)CCC(C)(NC(C)C)C(=O)O. The normalized spacial score (nSPS) is 14.8. The summed E-state index contributed by atoms with van der Waals surface area (Å²) in [6, 6.07) is 0.127. The third-order valence-corrected chi connectivity index (χ3v) is 3.23. The number of ether oxygens (including phenoxy) is 2. The maximum atomic E-state index is 11.5. The van der Waals surface area contributed by atoms with E-state index in [0.717, 1.165) is 13.1 Å². The van der Waals surface area contributed by atoms with Crippen LogP contribution in [0.5, 0.6) is 0 Å². The second-order valence-electron chi connectivity index (χ2n) is 5.51. The Hall–Kier alpha value is -0.690. The van der Waals surface area contributed by atoms with Gasteiger partial charge in [0.25, 0.3) is 0 Å². The molecule has 6 nitrogen and oxygen atoms in total. The average Bonchev–Trinajstić information content (AvgIpc) is 2.36. The van der Waals surface area contributed by atoms with Gasteiger partial charge in [0.05, 0.1) is 13.2 Å². The van der Waals surface area contributed by atoms with Gasteiger partial charge >= 0.3 is 5.97 Å². The van der Waals surface area contributed by atoms with Crippen molar-refractivity contribution in [2.45, 2.75) is 38.8 Å². The summed E-state index contributed by atoms with van der Waals surface area (Å²) in [5.41, 5.74) is -0.910. The first kappa shape index (κ1) is 19.3. The Morgan fingerprint density at radius 1 is 1.20 bits per heavy atom. The molecule has 0 aliphatic rings. The number of carboxylic acids is 1. The Morgan fingerprint density at radius 3 is 2.05 bits per heavy atom. The van der Waals surface area contributed by atoms with Crippen molar-refractivity contribution < 1.29 is 19.4 Å². The lowest BCUT2D eigenvalue weighted by Gasteiger charge is -2.31. The fraction of sp³-hybridized carbons (Fsp3) is 0.929. The number of rotatable bonds is 12. The molecule has 0 bridgehead atoms. The standard InChI is InChI=1S/C14H30N2O4/c1-12(2)15-14(3,13(17)18)6-7-16(8-10-19-4)9-11-20-5/h12,15H,6-11H2,1-5H3,(H,17,18). The third-order valence-electron chi connectivity index (χ3n) is 3.23. The van der Waals surface area contributed by atoms with Crippen LogP contribution in [0.15, 0.2) is 0 Å². The van der Waals surface area contributed by atoms with Crippen molar-refractivity contribution >= 4 is 5.97 Å². The highest BCUT2D eigenvalue weighted by Crippen LogP contribution is 2.12. The molecule has 0 radical (unpaired) electrons. The highest BCUT2D eigenvalue weighted by Gasteiger charge is 2.33. The topological polar surface area (TPSA) is 71.0 Å². The van der Waals surface area contributed by atoms with Crippen molar-refractivity contribution in [3.8, 4) is 0 Å². The lowest BCUT2D eigenvalue weighted by atomic mass is 9.96. The molecule has 0 spiro atoms. The summed E-state index contributed by atoms with van der Waals surface area (Å²) in [5.74, 6) is -0.815. The maximum absolute atomic E-state index is 11.5. The smallest absolute Gasteiger partial charge is 0.323 e. The zero-order chi connectivity index (χ0) is 15.6. The maximum Gasteiger partial charge on any atom is 0.323 e. The monoisotopic (exact) mass is 290 g/mol. The first-order valence-corrected chi connectivity index (χ1v) is 7.07. The molecule has 0 heterocycles. The van der Waals surface area contributed by atoms with Crippen LogP contribution in [-0.4, -0.2) is 74.6 Å². The van der Waals surface area contributed by atoms with E-state index in [1.807, 2.05) is 13.8 Å². The van der Waals surface area contributed by atoms with Crippen molar-refractivity contribution in [1.82, 2.24) is 10.2 Å². The van der Waals surface area contributed by atoms with Gasteiger partial charge in [0.2, 0.25) is 0 Å². The van der Waals surface area contributed by atoms with Crippen LogP contribution in [-0.2, 0) is 14.3 Å². The molecule has 1 unspecified atom stereocenters. The molecular formula is C14H30N2O4. The fourth-order valence-electron chi connectivity index (χ4n) is 2.04. The van der Waals surface area contributed by atoms with Crippen molar-refractivity contribution in [3.05, 3.63) is 0 Å². The van der Waals surface area contributed by atoms with E-state index < -0.39 is 11.5 Å². The predicted molar refractivity (Wildman–Crippen MR) is 79.1 cm³/mol. The summed E-state index contributed by atoms with van der Waals surface area (Å²) >= 11 is 0. The second-order valence-corrected chi connectivity index (χ2v) is 5.51. The van der Waals surface area contributed by atoms with Crippen molar-refractivity contribution in [2.24, 2.45) is 0 Å². The van der Waals surface area contributed by atoms with Gasteiger partial charge in [-0.3, -0.25) is 15.0 Å². The van der Waals surface area contributed by atoms with Gasteiger partial charge in [0, 0.05) is 39.9 Å². The number of hydrogen-bond acceptors (Lipinski definition) is 5. The fourth-order valence-corrected chi connectivity index (χ4v) is 2.04. The van der Waals surface area contributed by atoms with E-state index in [1.54, 1.807) is 21.1 Å². The predicted octanol–water partition coefficient (Wildman–Crippen LogP) is 0.813. The Kier molecular flexibility index (Phi) is 9.75. The summed E-state index contributed by atoms with van der Waals surface area (Å²) in [5, 5.41) is 12.6. The van der Waals surface area contributed by atoms with E-state index in [1.165, 1.54) is 0 Å². The molecule has 20 heavy (non-hydrogen) atoms. The molecule has 0 rings (SSSR count). The molecule has 120 valence electrons. The minimum Gasteiger partial charge on any atom is -0.480 e. The van der Waals surface area contributed by atoms with Gasteiger partial charge in [-0.1, -0.05) is 0 Å². The number of methoxy groups -OCH3 is 2. The van der Waals surface area contributed by atoms with E-state index in [0.29, 0.717) is 26.2 Å². The second kappa shape index (κ2) is 10.1. The van der Waals surface area contributed by atoms with E-state index in [4.69, 9.17) is 9.47 Å². The van der Waals surface area contributed by atoms with Gasteiger partial charge in [-0.25, -0.2) is 0 Å². The molecule has 0 aromatic rings. The Bertz CT molecular complexity index is 266. The lowest BCUT2D eigenvalue weighted by molar-refractivity contribution is -0.145. The lowest BCUT2D eigenvalue weighted by Crippen LogP contribution is -2.54. The van der Waals surface area contributed by atoms with Crippen molar-refractivity contribution in [2.75, 3.05) is 47.1 Å². The van der Waals surface area contributed by atoms with E-state index in [-0.39, 0.29) is 6.04 Å². The number of carboxylic acid groups (broad SMARTS) is 1. The minimum atomic E-state index is -0.910. The Balaban J connectivity index is 4.47. The minimum absolute atomic E-state index is 0.127. The number of nitrogens with zero attached hydrogens (tertiary/aromatic N) is 1. The molecule has 0 saturated heterocycles. The molecule has 0 saturated carbocycles. The summed E-state index contributed by atoms with van der Waals surface area (Å²) in [4.78, 5) is 13.6. The van der Waals surface area contributed by atoms with Crippen molar-refractivity contribution in [3.63, 3.8) is 0 Å². The van der Waals surface area contributed by atoms with E-state index in [2.05, 4.69) is 10.2 Å². The molecular weight excluding hydrogens is 260 g/mol. The van der Waals surface area contributed by atoms with Gasteiger partial charge in [-0.05, 0) is 27.2 Å². The number of nitrogens with one attached hydrogen (secondary N) is 1. The van der Waals surface area contributed by atoms with Crippen LogP contribution in [0.3, 0.4) is 0 Å². The van der Waals surface area contributed by atoms with Crippen LogP contribution >= 0.6 is 0 Å². The van der Waals surface area contributed by atoms with Crippen LogP contribution in [0.25, 0.3) is 0 Å². The van der Waals surface area contributed by atoms with Gasteiger partial charge in [0.1, 0.15) is 5.54 Å². The Morgan fingerprint density at radius 2 is 1.70 bits per heavy atom. The highest BCUT2D eigenvalue weighted by molar-refractivity contribution is 5.78. The summed E-state index contributed by atoms with van der Waals surface area (Å²) < 4.78 is 10.2. The first-order valence-electron chi connectivity index (χ1n) is 7.07. The molecule has 1 atom stereocenters. The van der Waals surface area contributed by atoms with Crippen LogP contribution in [0.1, 0.15) is 27.2 Å². The Labute approximate surface area is 122 Å². The highest BCUT2D eigenvalue weighted by atomic mass is 16.5. The largest absolute Gasteiger partial charge is 0.480 e. The quantitative estimate of drug-likeness (QED) is 0.554. The summed E-state index contributed by atoms with van der Waals surface area (Å²) in [6.45, 7) is 9.14. The van der Waals surface area contributed by atoms with Gasteiger partial charge in [-0.2, -0.15) is 0 Å². The van der Waals surface area contributed by atoms with E-state index >= 15 is 0 Å². The molecule has 0 amide bonds. The summed E-state index contributed by atoms with van der Waals surface area (Å²) in [7, 11) is 3.33. The van der Waals surface area contributed by atoms with Crippen LogP contribution < -0.4 is 5.32 Å². The average molecular weight is 290 g/mol. The molecule has 0 aliphatic carbocycles. The molecule has 2 N–H and O–H groups in total. The number of carbonyl (C=O) groups is 1. The zero-order valence-corrected chi connectivity index (χ0v) is 13.4. The van der Waals surface area contributed by atoms with Crippen LogP contribution in [0.4, 0.5) is 0 Å². The van der Waals surface area contributed by atoms with Gasteiger partial charge in [-0.15, -0.1) is 0 Å². The van der Waals surface area contributed by atoms with Gasteiger partial charge < -0.3 is 14.6 Å². The number of hydrogen-bond donors (Lipinski definition) is 2. The molecule has 0 aliphatic heterocycles. The number of aliphatic carboxylic acids is 1. The van der Waals surface area contributed by atoms with E-state index in [9.17, 15) is 9.90 Å². The van der Waals surface area contributed by atoms with Crippen molar-refractivity contribution in [1.29, 1.82) is 0 Å². The van der Waals surface area contributed by atoms with Gasteiger partial charge in [0.15, 0.2) is 0 Å². The summed E-state index contributed by atoms with van der Waals surface area (Å²) in [6.07, 6.45) is 0.536. The third kappa shape index (κ3) is 7.79. The molecule has 0 aromatic heterocycles. The first-order chi connectivity index (χ1) is 9.35. The molecule has 0 aromatic carbocycles. The van der Waals surface area contributed by atoms with Crippen LogP contribution in [0, 0.1) is 0 Å². The molecule has 0 fully saturated rings. The zero-order valence-electron chi connectivity index (χ0n) is 13.4. The van der Waals surface area contributed by atoms with Crippen LogP contribution in [0.2, 0.25) is 0 Å². The molecule has 6 heteroatoms.